The summed E-state index contributed by atoms with van der Waals surface area (Å²) in [5, 5.41) is 11.7. The van der Waals surface area contributed by atoms with Gasteiger partial charge in [0.15, 0.2) is 6.61 Å². The fourth-order valence-electron chi connectivity index (χ4n) is 4.41. The Labute approximate surface area is 215 Å². The van der Waals surface area contributed by atoms with Crippen molar-refractivity contribution in [3.05, 3.63) is 65.8 Å². The number of rotatable bonds is 7. The molecule has 0 amide bonds. The van der Waals surface area contributed by atoms with Gasteiger partial charge in [-0.25, -0.2) is 18.7 Å². The molecule has 1 N–H and O–H groups in total. The molecule has 0 spiro atoms. The maximum Gasteiger partial charge on any atom is 0.422 e. The summed E-state index contributed by atoms with van der Waals surface area (Å²) < 4.78 is 66.0. The third kappa shape index (κ3) is 5.55. The van der Waals surface area contributed by atoms with Gasteiger partial charge < -0.3 is 14.8 Å². The third-order valence-corrected chi connectivity index (χ3v) is 6.18. The van der Waals surface area contributed by atoms with E-state index >= 15 is 4.39 Å². The van der Waals surface area contributed by atoms with E-state index in [1.165, 1.54) is 42.4 Å². The molecule has 0 saturated carbocycles. The Balaban J connectivity index is 1.39. The molecule has 1 atom stereocenters. The van der Waals surface area contributed by atoms with Crippen LogP contribution in [0.3, 0.4) is 0 Å². The van der Waals surface area contributed by atoms with E-state index in [0.717, 1.165) is 24.8 Å². The number of methoxy groups -OCH3 is 1. The number of nitrogens with one attached hydrogen (secondary N) is 1. The molecule has 1 aliphatic heterocycles. The van der Waals surface area contributed by atoms with Gasteiger partial charge in [0.1, 0.15) is 41.0 Å². The minimum atomic E-state index is -4.40. The molecule has 9 nitrogen and oxygen atoms in total. The number of benzene rings is 2. The van der Waals surface area contributed by atoms with Crippen LogP contribution in [0, 0.1) is 12.7 Å². The molecule has 13 heteroatoms. The average Bonchev–Trinajstić information content (AvgIpc) is 3.44. The molecule has 5 rings (SSSR count). The molecule has 0 aliphatic carbocycles. The zero-order valence-corrected chi connectivity index (χ0v) is 20.7. The lowest BCUT2D eigenvalue weighted by atomic mass is 9.93. The van der Waals surface area contributed by atoms with Crippen LogP contribution in [0.2, 0.25) is 0 Å². The fourth-order valence-corrected chi connectivity index (χ4v) is 4.41. The van der Waals surface area contributed by atoms with E-state index in [1.807, 2.05) is 0 Å². The first-order valence-electron chi connectivity index (χ1n) is 12.0. The van der Waals surface area contributed by atoms with Crippen LogP contribution in [0.25, 0.3) is 5.69 Å². The van der Waals surface area contributed by atoms with E-state index in [2.05, 4.69) is 25.5 Å². The minimum Gasteiger partial charge on any atom is -0.494 e. The summed E-state index contributed by atoms with van der Waals surface area (Å²) >= 11 is 0. The van der Waals surface area contributed by atoms with Crippen LogP contribution in [-0.4, -0.2) is 49.4 Å². The van der Waals surface area contributed by atoms with Crippen molar-refractivity contribution in [1.29, 1.82) is 0 Å². The number of nitrogens with zero attached hydrogens (tertiary/aromatic N) is 6. The monoisotopic (exact) mass is 531 g/mol. The Morgan fingerprint density at radius 2 is 1.89 bits per heavy atom. The predicted molar refractivity (Wildman–Crippen MR) is 130 cm³/mol. The Bertz CT molecular complexity index is 1420. The molecule has 4 aromatic rings. The van der Waals surface area contributed by atoms with Crippen molar-refractivity contribution in [2.75, 3.05) is 19.0 Å². The van der Waals surface area contributed by atoms with Gasteiger partial charge in [0.25, 0.3) is 0 Å². The molecule has 200 valence electrons. The summed E-state index contributed by atoms with van der Waals surface area (Å²) in [6, 6.07) is 9.32. The summed E-state index contributed by atoms with van der Waals surface area (Å²) in [6.07, 6.45) is -0.329. The normalized spacial score (nSPS) is 15.6. The van der Waals surface area contributed by atoms with Gasteiger partial charge in [-0.2, -0.15) is 23.3 Å². The van der Waals surface area contributed by atoms with Crippen molar-refractivity contribution in [3.63, 3.8) is 0 Å². The van der Waals surface area contributed by atoms with Crippen LogP contribution in [0.4, 0.5) is 29.2 Å². The van der Waals surface area contributed by atoms with Crippen molar-refractivity contribution in [3.8, 4) is 17.2 Å². The highest BCUT2D eigenvalue weighted by atomic mass is 19.4. The number of fused-ring (bicyclic) bond motifs is 1. The fraction of sp³-hybridized carbons (Fsp3) is 0.360. The molecular formula is C25H25F4N7O2. The van der Waals surface area contributed by atoms with Crippen molar-refractivity contribution in [2.24, 2.45) is 0 Å². The average molecular weight is 532 g/mol. The summed E-state index contributed by atoms with van der Waals surface area (Å²) in [5.74, 6) is 1.29. The zero-order valence-electron chi connectivity index (χ0n) is 20.7. The van der Waals surface area contributed by atoms with E-state index in [4.69, 9.17) is 9.47 Å². The molecule has 1 aliphatic rings. The lowest BCUT2D eigenvalue weighted by Crippen LogP contribution is -2.19. The molecule has 38 heavy (non-hydrogen) atoms. The van der Waals surface area contributed by atoms with E-state index in [9.17, 15) is 13.2 Å². The number of aromatic nitrogens is 6. The summed E-state index contributed by atoms with van der Waals surface area (Å²) in [6.45, 7) is 1.02. The Kier molecular flexibility index (Phi) is 6.91. The van der Waals surface area contributed by atoms with Gasteiger partial charge in [0.2, 0.25) is 5.95 Å². The number of aryl methyl sites for hydroxylation is 2. The molecule has 0 bridgehead atoms. The number of hydrogen-bond acceptors (Lipinski definition) is 7. The Morgan fingerprint density at radius 3 is 2.58 bits per heavy atom. The molecule has 3 heterocycles. The van der Waals surface area contributed by atoms with Crippen molar-refractivity contribution < 1.29 is 27.0 Å². The smallest absolute Gasteiger partial charge is 0.422 e. The number of hydrogen-bond donors (Lipinski definition) is 1. The van der Waals surface area contributed by atoms with Crippen LogP contribution >= 0.6 is 0 Å². The molecular weight excluding hydrogens is 506 g/mol. The number of halogens is 4. The first-order valence-corrected chi connectivity index (χ1v) is 12.0. The second kappa shape index (κ2) is 10.3. The molecule has 0 saturated heterocycles. The standard InChI is InChI=1S/C25H25F4N7O2/c1-15-30-14-36(33-15)21-11-19(26)20(12-22(21)37-2)31-24-32-23-18(5-3-4-10-35(23)34-24)16-6-8-17(9-7-16)38-13-25(27,28)29/h6-9,11-12,14,18H,3-5,10,13H2,1-2H3,(H,31,34)/t18-/m0/s1. The van der Waals surface area contributed by atoms with Crippen LogP contribution in [-0.2, 0) is 6.54 Å². The van der Waals surface area contributed by atoms with Gasteiger partial charge in [-0.05, 0) is 37.5 Å². The van der Waals surface area contributed by atoms with Gasteiger partial charge >= 0.3 is 6.18 Å². The summed E-state index contributed by atoms with van der Waals surface area (Å²) in [7, 11) is 1.48. The molecule has 0 radical (unpaired) electrons. The number of ether oxygens (including phenoxy) is 2. The highest BCUT2D eigenvalue weighted by molar-refractivity contribution is 5.62. The van der Waals surface area contributed by atoms with E-state index in [1.54, 1.807) is 23.7 Å². The quantitative estimate of drug-likeness (QED) is 0.323. The van der Waals surface area contributed by atoms with Gasteiger partial charge in [-0.3, -0.25) is 0 Å². The topological polar surface area (TPSA) is 91.9 Å². The summed E-state index contributed by atoms with van der Waals surface area (Å²) in [4.78, 5) is 8.73. The lowest BCUT2D eigenvalue weighted by Gasteiger charge is -2.15. The van der Waals surface area contributed by atoms with Crippen LogP contribution in [0.15, 0.2) is 42.7 Å². The first kappa shape index (κ1) is 25.5. The van der Waals surface area contributed by atoms with Crippen LogP contribution in [0.5, 0.6) is 11.5 Å². The van der Waals surface area contributed by atoms with Crippen molar-refractivity contribution >= 4 is 11.6 Å². The molecule has 2 aromatic heterocycles. The summed E-state index contributed by atoms with van der Waals surface area (Å²) in [5.41, 5.74) is 1.41. The van der Waals surface area contributed by atoms with E-state index in [0.29, 0.717) is 29.6 Å². The Hall–Kier alpha value is -4.16. The van der Waals surface area contributed by atoms with Gasteiger partial charge in [-0.15, -0.1) is 5.10 Å². The highest BCUT2D eigenvalue weighted by Gasteiger charge is 2.29. The van der Waals surface area contributed by atoms with Crippen molar-refractivity contribution in [2.45, 2.75) is 44.8 Å². The van der Waals surface area contributed by atoms with Gasteiger partial charge in [0.05, 0.1) is 12.8 Å². The molecule has 0 unspecified atom stereocenters. The molecule has 2 aromatic carbocycles. The third-order valence-electron chi connectivity index (χ3n) is 6.18. The van der Waals surface area contributed by atoms with E-state index in [-0.39, 0.29) is 23.3 Å². The van der Waals surface area contributed by atoms with Gasteiger partial charge in [-0.1, -0.05) is 18.6 Å². The predicted octanol–water partition coefficient (Wildman–Crippen LogP) is 5.32. The maximum atomic E-state index is 15.1. The minimum absolute atomic E-state index is 0.130. The molecule has 0 fully saturated rings. The van der Waals surface area contributed by atoms with Crippen LogP contribution in [0.1, 0.15) is 42.4 Å². The van der Waals surface area contributed by atoms with Crippen molar-refractivity contribution in [1.82, 2.24) is 29.5 Å². The maximum absolute atomic E-state index is 15.1. The number of alkyl halides is 3. The van der Waals surface area contributed by atoms with Gasteiger partial charge in [0, 0.05) is 24.6 Å². The zero-order chi connectivity index (χ0) is 26.9. The Morgan fingerprint density at radius 1 is 1.11 bits per heavy atom. The second-order valence-corrected chi connectivity index (χ2v) is 8.90. The highest BCUT2D eigenvalue weighted by Crippen LogP contribution is 2.35. The largest absolute Gasteiger partial charge is 0.494 e. The SMILES string of the molecule is COc1cc(Nc2nc3n(n2)CCCC[C@H]3c2ccc(OCC(F)(F)F)cc2)c(F)cc1-n1cnc(C)n1. The van der Waals surface area contributed by atoms with E-state index < -0.39 is 18.6 Å². The van der Waals surface area contributed by atoms with Crippen LogP contribution < -0.4 is 14.8 Å². The second-order valence-electron chi connectivity index (χ2n) is 8.90. The number of anilines is 2. The lowest BCUT2D eigenvalue weighted by molar-refractivity contribution is -0.153. The first-order chi connectivity index (χ1) is 18.2.